The third-order valence-corrected chi connectivity index (χ3v) is 6.28. The highest BCUT2D eigenvalue weighted by molar-refractivity contribution is 5.91. The van der Waals surface area contributed by atoms with Crippen molar-refractivity contribution in [3.05, 3.63) is 42.0 Å². The second kappa shape index (κ2) is 6.88. The van der Waals surface area contributed by atoms with E-state index in [1.165, 1.54) is 5.56 Å². The van der Waals surface area contributed by atoms with Crippen molar-refractivity contribution >= 4 is 27.6 Å². The molecule has 2 aliphatic rings. The smallest absolute Gasteiger partial charge is 0.193 e. The Labute approximate surface area is 178 Å². The first-order valence-electron chi connectivity index (χ1n) is 10.7. The summed E-state index contributed by atoms with van der Waals surface area (Å²) in [5.74, 6) is -0.680. The number of fused-ring (bicyclic) bond motifs is 2. The van der Waals surface area contributed by atoms with Gasteiger partial charge in [0.15, 0.2) is 17.2 Å². The van der Waals surface area contributed by atoms with E-state index in [0.717, 1.165) is 50.1 Å². The van der Waals surface area contributed by atoms with E-state index in [0.29, 0.717) is 28.2 Å². The average molecular weight is 418 g/mol. The summed E-state index contributed by atoms with van der Waals surface area (Å²) >= 11 is 0. The van der Waals surface area contributed by atoms with E-state index in [-0.39, 0.29) is 5.52 Å². The molecule has 2 N–H and O–H groups in total. The Bertz CT molecular complexity index is 1320. The maximum Gasteiger partial charge on any atom is 0.193 e. The molecule has 0 spiro atoms. The highest BCUT2D eigenvalue weighted by atomic mass is 19.1. The second-order valence-corrected chi connectivity index (χ2v) is 8.50. The highest BCUT2D eigenvalue weighted by Crippen LogP contribution is 2.45. The molecule has 4 aromatic rings. The maximum absolute atomic E-state index is 14.8. The minimum absolute atomic E-state index is 0.158. The van der Waals surface area contributed by atoms with Crippen molar-refractivity contribution in [1.29, 1.82) is 0 Å². The fourth-order valence-corrected chi connectivity index (χ4v) is 4.52. The molecular formula is C23H23FN6O. The van der Waals surface area contributed by atoms with Gasteiger partial charge in [0.1, 0.15) is 5.52 Å². The Balaban J connectivity index is 1.52. The van der Waals surface area contributed by atoms with Gasteiger partial charge in [-0.1, -0.05) is 0 Å². The number of benzene rings is 1. The van der Waals surface area contributed by atoms with Crippen LogP contribution in [0.25, 0.3) is 33.2 Å². The van der Waals surface area contributed by atoms with Crippen LogP contribution >= 0.6 is 0 Å². The standard InChI is InChI=1S/C23H23FN6O/c1-29-12-14-8-18(22(31)20(24)21(14)28-29)19-10-16(13-2-3-13)17-9-15(11-26-23(17)27-19)30-6-4-25-5-7-30/h8-13,25,31H,2-7H2,1H3. The lowest BCUT2D eigenvalue weighted by Crippen LogP contribution is -2.43. The van der Waals surface area contributed by atoms with E-state index in [1.54, 1.807) is 24.0 Å². The molecule has 1 aromatic carbocycles. The van der Waals surface area contributed by atoms with Crippen LogP contribution < -0.4 is 10.2 Å². The van der Waals surface area contributed by atoms with Crippen LogP contribution in [-0.2, 0) is 7.05 Å². The molecule has 0 radical (unpaired) electrons. The number of piperazine rings is 1. The molecule has 31 heavy (non-hydrogen) atoms. The number of phenols is 1. The monoisotopic (exact) mass is 418 g/mol. The molecule has 4 heterocycles. The van der Waals surface area contributed by atoms with E-state index in [9.17, 15) is 9.50 Å². The molecule has 7 nitrogen and oxygen atoms in total. The Morgan fingerprint density at radius 1 is 1.16 bits per heavy atom. The van der Waals surface area contributed by atoms with Crippen LogP contribution in [0.15, 0.2) is 30.6 Å². The molecule has 158 valence electrons. The number of phenolic OH excluding ortho intramolecular Hbond substituents is 1. The van der Waals surface area contributed by atoms with E-state index in [1.807, 2.05) is 12.3 Å². The van der Waals surface area contributed by atoms with Gasteiger partial charge in [0.25, 0.3) is 0 Å². The molecule has 2 fully saturated rings. The highest BCUT2D eigenvalue weighted by Gasteiger charge is 2.28. The number of nitrogens with zero attached hydrogens (tertiary/aromatic N) is 5. The number of halogens is 1. The fraction of sp³-hybridized carbons (Fsp3) is 0.348. The lowest BCUT2D eigenvalue weighted by atomic mass is 10.0. The van der Waals surface area contributed by atoms with Crippen molar-refractivity contribution in [3.63, 3.8) is 0 Å². The number of pyridine rings is 2. The van der Waals surface area contributed by atoms with Crippen molar-refractivity contribution in [2.75, 3.05) is 31.1 Å². The zero-order valence-corrected chi connectivity index (χ0v) is 17.3. The van der Waals surface area contributed by atoms with Crippen LogP contribution in [0, 0.1) is 5.82 Å². The zero-order chi connectivity index (χ0) is 21.1. The van der Waals surface area contributed by atoms with Gasteiger partial charge in [0.05, 0.1) is 17.6 Å². The molecule has 0 atom stereocenters. The van der Waals surface area contributed by atoms with Gasteiger partial charge in [-0.3, -0.25) is 4.68 Å². The fourth-order valence-electron chi connectivity index (χ4n) is 4.52. The first kappa shape index (κ1) is 18.5. The second-order valence-electron chi connectivity index (χ2n) is 8.50. The summed E-state index contributed by atoms with van der Waals surface area (Å²) in [5.41, 5.74) is 3.98. The van der Waals surface area contributed by atoms with Gasteiger partial charge in [-0.25, -0.2) is 14.4 Å². The van der Waals surface area contributed by atoms with Crippen LogP contribution in [0.2, 0.25) is 0 Å². The molecule has 0 amide bonds. The minimum atomic E-state index is -0.718. The lowest BCUT2D eigenvalue weighted by Gasteiger charge is -2.29. The predicted octanol–water partition coefficient (Wildman–Crippen LogP) is 3.32. The van der Waals surface area contributed by atoms with Crippen molar-refractivity contribution in [2.24, 2.45) is 7.05 Å². The number of aryl methyl sites for hydroxylation is 1. The topological polar surface area (TPSA) is 79.1 Å². The van der Waals surface area contributed by atoms with Gasteiger partial charge in [0, 0.05) is 55.8 Å². The molecule has 3 aromatic heterocycles. The first-order valence-corrected chi connectivity index (χ1v) is 10.7. The van der Waals surface area contributed by atoms with Gasteiger partial charge in [-0.15, -0.1) is 0 Å². The van der Waals surface area contributed by atoms with Gasteiger partial charge in [-0.05, 0) is 42.5 Å². The number of nitrogens with one attached hydrogen (secondary N) is 1. The zero-order valence-electron chi connectivity index (χ0n) is 17.3. The molecule has 0 unspecified atom stereocenters. The molecule has 6 rings (SSSR count). The molecular weight excluding hydrogens is 395 g/mol. The Morgan fingerprint density at radius 3 is 2.74 bits per heavy atom. The van der Waals surface area contributed by atoms with Gasteiger partial charge in [-0.2, -0.15) is 5.10 Å². The summed E-state index contributed by atoms with van der Waals surface area (Å²) in [7, 11) is 1.73. The number of hydrogen-bond donors (Lipinski definition) is 2. The normalized spacial score (nSPS) is 17.0. The Morgan fingerprint density at radius 2 is 1.97 bits per heavy atom. The van der Waals surface area contributed by atoms with E-state index in [4.69, 9.17) is 4.98 Å². The summed E-state index contributed by atoms with van der Waals surface area (Å²) in [5, 5.41) is 19.8. The van der Waals surface area contributed by atoms with Gasteiger partial charge < -0.3 is 15.3 Å². The van der Waals surface area contributed by atoms with E-state index < -0.39 is 11.6 Å². The van der Waals surface area contributed by atoms with Gasteiger partial charge >= 0.3 is 0 Å². The maximum atomic E-state index is 14.8. The van der Waals surface area contributed by atoms with Crippen molar-refractivity contribution in [1.82, 2.24) is 25.1 Å². The van der Waals surface area contributed by atoms with Crippen LogP contribution in [-0.4, -0.2) is 51.0 Å². The predicted molar refractivity (Wildman–Crippen MR) is 118 cm³/mol. The molecule has 8 heteroatoms. The number of anilines is 1. The summed E-state index contributed by atoms with van der Waals surface area (Å²) in [4.78, 5) is 11.7. The number of rotatable bonds is 3. The average Bonchev–Trinajstić information content (AvgIpc) is 3.57. The SMILES string of the molecule is Cn1cc2cc(-c3cc(C4CC4)c4cc(N5CCNCC5)cnc4n3)c(O)c(F)c2n1. The van der Waals surface area contributed by atoms with Crippen LogP contribution in [0.4, 0.5) is 10.1 Å². The molecule has 1 aliphatic heterocycles. The van der Waals surface area contributed by atoms with Crippen molar-refractivity contribution in [2.45, 2.75) is 18.8 Å². The van der Waals surface area contributed by atoms with Gasteiger partial charge in [0.2, 0.25) is 0 Å². The van der Waals surface area contributed by atoms with Crippen LogP contribution in [0.5, 0.6) is 5.75 Å². The number of aromatic hydroxyl groups is 1. The molecule has 1 aliphatic carbocycles. The van der Waals surface area contributed by atoms with Crippen molar-refractivity contribution < 1.29 is 9.50 Å². The first-order chi connectivity index (χ1) is 15.1. The lowest BCUT2D eigenvalue weighted by molar-refractivity contribution is 0.437. The summed E-state index contributed by atoms with van der Waals surface area (Å²) in [6.45, 7) is 3.84. The van der Waals surface area contributed by atoms with Crippen molar-refractivity contribution in [3.8, 4) is 17.0 Å². The minimum Gasteiger partial charge on any atom is -0.504 e. The number of hydrogen-bond acceptors (Lipinski definition) is 6. The van der Waals surface area contributed by atoms with E-state index in [2.05, 4.69) is 26.4 Å². The summed E-state index contributed by atoms with van der Waals surface area (Å²) in [6, 6.07) is 5.93. The quantitative estimate of drug-likeness (QED) is 0.531. The third-order valence-electron chi connectivity index (χ3n) is 6.28. The summed E-state index contributed by atoms with van der Waals surface area (Å²) in [6.07, 6.45) is 5.85. The Kier molecular flexibility index (Phi) is 4.11. The Hall–Kier alpha value is -3.26. The number of aromatic nitrogens is 4. The molecule has 1 saturated carbocycles. The van der Waals surface area contributed by atoms with E-state index >= 15 is 0 Å². The summed E-state index contributed by atoms with van der Waals surface area (Å²) < 4.78 is 16.4. The third kappa shape index (κ3) is 3.09. The largest absolute Gasteiger partial charge is 0.504 e. The van der Waals surface area contributed by atoms with Crippen LogP contribution in [0.1, 0.15) is 24.3 Å². The van der Waals surface area contributed by atoms with Crippen LogP contribution in [0.3, 0.4) is 0 Å². The molecule has 0 bridgehead atoms. The molecule has 1 saturated heterocycles.